The van der Waals surface area contributed by atoms with E-state index in [-0.39, 0.29) is 12.7 Å². The smallest absolute Gasteiger partial charge is 0.116 e. The Morgan fingerprint density at radius 2 is 2.00 bits per heavy atom. The molecule has 1 saturated heterocycles. The Morgan fingerprint density at radius 1 is 1.31 bits per heavy atom. The molecule has 1 aromatic carbocycles. The first-order chi connectivity index (χ1) is 7.77. The molecule has 0 radical (unpaired) electrons. The van der Waals surface area contributed by atoms with Crippen molar-refractivity contribution in [2.24, 2.45) is 0 Å². The summed E-state index contributed by atoms with van der Waals surface area (Å²) in [6, 6.07) is 9.57. The number of benzene rings is 1. The summed E-state index contributed by atoms with van der Waals surface area (Å²) in [7, 11) is 1.53. The molecule has 4 atom stereocenters. The lowest BCUT2D eigenvalue weighted by molar-refractivity contribution is -0.0233. The molecular formula is C12H16O4. The van der Waals surface area contributed by atoms with Gasteiger partial charge in [0.05, 0.1) is 6.61 Å². The Labute approximate surface area is 94.4 Å². The Bertz CT molecular complexity index is 327. The molecule has 0 saturated carbocycles. The van der Waals surface area contributed by atoms with Crippen LogP contribution in [0.2, 0.25) is 0 Å². The van der Waals surface area contributed by atoms with E-state index in [9.17, 15) is 5.11 Å². The number of aliphatic hydroxyl groups is 2. The zero-order chi connectivity index (χ0) is 11.5. The number of aliphatic hydroxyl groups excluding tert-OH is 2. The zero-order valence-electron chi connectivity index (χ0n) is 9.11. The maximum absolute atomic E-state index is 9.87. The van der Waals surface area contributed by atoms with E-state index in [0.29, 0.717) is 0 Å². The van der Waals surface area contributed by atoms with Gasteiger partial charge in [0.1, 0.15) is 24.4 Å². The predicted molar refractivity (Wildman–Crippen MR) is 57.9 cm³/mol. The normalized spacial score (nSPS) is 34.2. The number of ether oxygens (including phenoxy) is 2. The van der Waals surface area contributed by atoms with Crippen molar-refractivity contribution in [2.75, 3.05) is 13.7 Å². The summed E-state index contributed by atoms with van der Waals surface area (Å²) in [6.07, 6.45) is -2.12. The van der Waals surface area contributed by atoms with Crippen LogP contribution in [0.5, 0.6) is 0 Å². The van der Waals surface area contributed by atoms with E-state index >= 15 is 0 Å². The molecule has 0 amide bonds. The minimum Gasteiger partial charge on any atom is -0.394 e. The SMILES string of the molecule is CO[C@@H]1[C@H](O)[C@@H](CO)O[C@H]1c1ccccc1. The summed E-state index contributed by atoms with van der Waals surface area (Å²) in [5.41, 5.74) is 0.948. The van der Waals surface area contributed by atoms with Gasteiger partial charge in [-0.1, -0.05) is 30.3 Å². The summed E-state index contributed by atoms with van der Waals surface area (Å²) in [4.78, 5) is 0. The average Bonchev–Trinajstić information content (AvgIpc) is 2.66. The van der Waals surface area contributed by atoms with Gasteiger partial charge >= 0.3 is 0 Å². The van der Waals surface area contributed by atoms with Gasteiger partial charge in [0.2, 0.25) is 0 Å². The van der Waals surface area contributed by atoms with Crippen LogP contribution in [0.15, 0.2) is 30.3 Å². The lowest BCUT2D eigenvalue weighted by Gasteiger charge is -2.18. The molecule has 0 aromatic heterocycles. The number of hydrogen-bond donors (Lipinski definition) is 2. The molecule has 16 heavy (non-hydrogen) atoms. The molecule has 0 unspecified atom stereocenters. The van der Waals surface area contributed by atoms with Crippen molar-refractivity contribution >= 4 is 0 Å². The summed E-state index contributed by atoms with van der Waals surface area (Å²) in [6.45, 7) is -0.204. The second kappa shape index (κ2) is 4.93. The van der Waals surface area contributed by atoms with Gasteiger partial charge in [0, 0.05) is 7.11 Å². The Morgan fingerprint density at radius 3 is 2.56 bits per heavy atom. The fraction of sp³-hybridized carbons (Fsp3) is 0.500. The Hall–Kier alpha value is -0.940. The van der Waals surface area contributed by atoms with Crippen molar-refractivity contribution < 1.29 is 19.7 Å². The third kappa shape index (κ3) is 1.97. The molecule has 1 fully saturated rings. The highest BCUT2D eigenvalue weighted by Gasteiger charge is 2.44. The molecular weight excluding hydrogens is 208 g/mol. The highest BCUT2D eigenvalue weighted by Crippen LogP contribution is 2.34. The monoisotopic (exact) mass is 224 g/mol. The number of methoxy groups -OCH3 is 1. The fourth-order valence-corrected chi connectivity index (χ4v) is 2.06. The molecule has 1 aliphatic heterocycles. The van der Waals surface area contributed by atoms with E-state index in [2.05, 4.69) is 0 Å². The molecule has 0 spiro atoms. The topological polar surface area (TPSA) is 58.9 Å². The van der Waals surface area contributed by atoms with Crippen LogP contribution in [0.3, 0.4) is 0 Å². The highest BCUT2D eigenvalue weighted by atomic mass is 16.6. The van der Waals surface area contributed by atoms with Crippen LogP contribution in [0.25, 0.3) is 0 Å². The molecule has 2 N–H and O–H groups in total. The van der Waals surface area contributed by atoms with E-state index in [4.69, 9.17) is 14.6 Å². The van der Waals surface area contributed by atoms with Gasteiger partial charge in [0.25, 0.3) is 0 Å². The van der Waals surface area contributed by atoms with E-state index < -0.39 is 18.3 Å². The molecule has 1 aromatic rings. The zero-order valence-corrected chi connectivity index (χ0v) is 9.11. The van der Waals surface area contributed by atoms with E-state index in [1.807, 2.05) is 30.3 Å². The van der Waals surface area contributed by atoms with Crippen molar-refractivity contribution in [2.45, 2.75) is 24.4 Å². The van der Waals surface area contributed by atoms with Crippen molar-refractivity contribution in [3.8, 4) is 0 Å². The molecule has 4 nitrogen and oxygen atoms in total. The summed E-state index contributed by atoms with van der Waals surface area (Å²) >= 11 is 0. The van der Waals surface area contributed by atoms with Crippen molar-refractivity contribution in [3.05, 3.63) is 35.9 Å². The maximum atomic E-state index is 9.87. The van der Waals surface area contributed by atoms with Gasteiger partial charge in [-0.3, -0.25) is 0 Å². The highest BCUT2D eigenvalue weighted by molar-refractivity contribution is 5.20. The van der Waals surface area contributed by atoms with Gasteiger partial charge in [-0.05, 0) is 5.56 Å². The quantitative estimate of drug-likeness (QED) is 0.784. The minimum atomic E-state index is -0.791. The van der Waals surface area contributed by atoms with Crippen molar-refractivity contribution in [3.63, 3.8) is 0 Å². The minimum absolute atomic E-state index is 0.204. The number of rotatable bonds is 3. The molecule has 4 heteroatoms. The van der Waals surface area contributed by atoms with E-state index in [1.165, 1.54) is 7.11 Å². The molecule has 1 heterocycles. The van der Waals surface area contributed by atoms with Crippen molar-refractivity contribution in [1.82, 2.24) is 0 Å². The summed E-state index contributed by atoms with van der Waals surface area (Å²) in [5.74, 6) is 0. The van der Waals surface area contributed by atoms with E-state index in [1.54, 1.807) is 0 Å². The predicted octanol–water partition coefficient (Wildman–Crippen LogP) is 0.495. The van der Waals surface area contributed by atoms with Crippen LogP contribution in [-0.4, -0.2) is 42.2 Å². The van der Waals surface area contributed by atoms with Gasteiger partial charge < -0.3 is 19.7 Å². The lowest BCUT2D eigenvalue weighted by Crippen LogP contribution is -2.33. The third-order valence-electron chi connectivity index (χ3n) is 2.92. The third-order valence-corrected chi connectivity index (χ3v) is 2.92. The van der Waals surface area contributed by atoms with Gasteiger partial charge in [-0.15, -0.1) is 0 Å². The fourth-order valence-electron chi connectivity index (χ4n) is 2.06. The van der Waals surface area contributed by atoms with Crippen LogP contribution in [0.1, 0.15) is 11.7 Å². The molecule has 1 aliphatic rings. The van der Waals surface area contributed by atoms with Crippen LogP contribution in [0, 0.1) is 0 Å². The lowest BCUT2D eigenvalue weighted by atomic mass is 10.0. The second-order valence-corrected chi connectivity index (χ2v) is 3.88. The average molecular weight is 224 g/mol. The first kappa shape index (κ1) is 11.5. The Kier molecular flexibility index (Phi) is 3.56. The van der Waals surface area contributed by atoms with Crippen LogP contribution < -0.4 is 0 Å². The summed E-state index contributed by atoms with van der Waals surface area (Å²) in [5, 5.41) is 18.9. The first-order valence-corrected chi connectivity index (χ1v) is 5.30. The summed E-state index contributed by atoms with van der Waals surface area (Å²) < 4.78 is 10.8. The second-order valence-electron chi connectivity index (χ2n) is 3.88. The Balaban J connectivity index is 2.22. The molecule has 88 valence electrons. The van der Waals surface area contributed by atoms with Gasteiger partial charge in [0.15, 0.2) is 0 Å². The van der Waals surface area contributed by atoms with E-state index in [0.717, 1.165) is 5.56 Å². The standard InChI is InChI=1S/C12H16O4/c1-15-12-10(14)9(7-13)16-11(12)8-5-3-2-4-6-8/h2-6,9-14H,7H2,1H3/t9-,10-,11+,12-/m1/s1. The van der Waals surface area contributed by atoms with Gasteiger partial charge in [-0.2, -0.15) is 0 Å². The number of hydrogen-bond acceptors (Lipinski definition) is 4. The molecule has 2 rings (SSSR count). The van der Waals surface area contributed by atoms with Crippen LogP contribution in [-0.2, 0) is 9.47 Å². The largest absolute Gasteiger partial charge is 0.394 e. The van der Waals surface area contributed by atoms with Crippen LogP contribution >= 0.6 is 0 Å². The molecule has 0 aliphatic carbocycles. The van der Waals surface area contributed by atoms with Crippen LogP contribution in [0.4, 0.5) is 0 Å². The molecule has 0 bridgehead atoms. The van der Waals surface area contributed by atoms with Crippen molar-refractivity contribution in [1.29, 1.82) is 0 Å². The van der Waals surface area contributed by atoms with Gasteiger partial charge in [-0.25, -0.2) is 0 Å². The maximum Gasteiger partial charge on any atom is 0.116 e. The first-order valence-electron chi connectivity index (χ1n) is 5.30.